The van der Waals surface area contributed by atoms with Crippen LogP contribution in [-0.2, 0) is 0 Å². The van der Waals surface area contributed by atoms with Gasteiger partial charge in [-0.15, -0.1) is 0 Å². The molecule has 2 aromatic rings. The Kier molecular flexibility index (Phi) is 3.66. The molecule has 94 valence electrons. The summed E-state index contributed by atoms with van der Waals surface area (Å²) in [5, 5.41) is 0. The maximum Gasteiger partial charge on any atom is 0.197 e. The Hall–Kier alpha value is -1.42. The molecule has 2 rings (SSSR count). The topological polar surface area (TPSA) is 30.2 Å². The van der Waals surface area contributed by atoms with Crippen molar-refractivity contribution in [3.8, 4) is 11.3 Å². The van der Waals surface area contributed by atoms with Crippen molar-refractivity contribution in [2.24, 2.45) is 0 Å². The second kappa shape index (κ2) is 5.06. The fraction of sp³-hybridized carbons (Fsp3) is 0.214. The van der Waals surface area contributed by atoms with Crippen LogP contribution in [0.15, 0.2) is 33.2 Å². The summed E-state index contributed by atoms with van der Waals surface area (Å²) in [5.41, 5.74) is 1.54. The molecule has 0 unspecified atom stereocenters. The minimum Gasteiger partial charge on any atom is -0.453 e. The van der Waals surface area contributed by atoms with Crippen molar-refractivity contribution in [3.05, 3.63) is 45.9 Å². The molecule has 0 bridgehead atoms. The van der Waals surface area contributed by atoms with Gasteiger partial charge in [0.2, 0.25) is 0 Å². The van der Waals surface area contributed by atoms with Crippen molar-refractivity contribution in [1.82, 2.24) is 0 Å². The molecule has 18 heavy (non-hydrogen) atoms. The lowest BCUT2D eigenvalue weighted by Crippen LogP contribution is -1.92. The molecule has 0 amide bonds. The van der Waals surface area contributed by atoms with Crippen LogP contribution in [0.1, 0.15) is 29.5 Å². The van der Waals surface area contributed by atoms with Crippen LogP contribution in [0.2, 0.25) is 0 Å². The van der Waals surface area contributed by atoms with Gasteiger partial charge in [0.05, 0.1) is 4.47 Å². The molecular formula is C14H12BrFO2. The summed E-state index contributed by atoms with van der Waals surface area (Å²) in [6, 6.07) is 6.47. The highest BCUT2D eigenvalue weighted by Gasteiger charge is 2.13. The zero-order valence-corrected chi connectivity index (χ0v) is 11.7. The molecule has 0 spiro atoms. The summed E-state index contributed by atoms with van der Waals surface area (Å²) in [7, 11) is 0. The van der Waals surface area contributed by atoms with Gasteiger partial charge in [0.15, 0.2) is 11.5 Å². The number of Topliss-reactive ketones (excluding diaryl/α,β-unsaturated/α-hetero) is 1. The maximum atomic E-state index is 13.3. The number of halogens is 2. The highest BCUT2D eigenvalue weighted by Crippen LogP contribution is 2.30. The number of hydrogen-bond donors (Lipinski definition) is 0. The van der Waals surface area contributed by atoms with E-state index in [4.69, 9.17) is 4.42 Å². The van der Waals surface area contributed by atoms with Gasteiger partial charge in [-0.2, -0.15) is 0 Å². The number of ketones is 1. The number of carbonyl (C=O) groups is 1. The van der Waals surface area contributed by atoms with E-state index in [2.05, 4.69) is 15.9 Å². The van der Waals surface area contributed by atoms with Gasteiger partial charge in [-0.1, -0.05) is 6.92 Å². The number of rotatable bonds is 3. The van der Waals surface area contributed by atoms with Crippen LogP contribution in [0.25, 0.3) is 11.3 Å². The van der Waals surface area contributed by atoms with Gasteiger partial charge in [0, 0.05) is 12.0 Å². The van der Waals surface area contributed by atoms with Crippen LogP contribution in [-0.4, -0.2) is 5.78 Å². The molecule has 1 aromatic carbocycles. The highest BCUT2D eigenvalue weighted by molar-refractivity contribution is 9.10. The standard InChI is InChI=1S/C14H12BrFO2/c1-3-12(17)14-5-4-13(18-14)9-7-10(15)11(16)6-8(9)2/h4-7H,3H2,1-2H3. The first-order chi connectivity index (χ1) is 8.52. The van der Waals surface area contributed by atoms with Crippen molar-refractivity contribution in [1.29, 1.82) is 0 Å². The lowest BCUT2D eigenvalue weighted by Gasteiger charge is -2.04. The van der Waals surface area contributed by atoms with Gasteiger partial charge in [0.25, 0.3) is 0 Å². The predicted octanol–water partition coefficient (Wildman–Crippen LogP) is 4.75. The van der Waals surface area contributed by atoms with Crippen LogP contribution < -0.4 is 0 Å². The van der Waals surface area contributed by atoms with Crippen molar-refractivity contribution >= 4 is 21.7 Å². The van der Waals surface area contributed by atoms with E-state index in [9.17, 15) is 9.18 Å². The van der Waals surface area contributed by atoms with E-state index in [0.717, 1.165) is 11.1 Å². The summed E-state index contributed by atoms with van der Waals surface area (Å²) < 4.78 is 19.2. The first-order valence-electron chi connectivity index (χ1n) is 5.62. The second-order valence-corrected chi connectivity index (χ2v) is 4.88. The maximum absolute atomic E-state index is 13.3. The first kappa shape index (κ1) is 13.0. The third-order valence-corrected chi connectivity index (χ3v) is 3.34. The van der Waals surface area contributed by atoms with Crippen LogP contribution in [0, 0.1) is 12.7 Å². The zero-order chi connectivity index (χ0) is 13.3. The van der Waals surface area contributed by atoms with Gasteiger partial charge in [-0.25, -0.2) is 4.39 Å². The Labute approximate surface area is 113 Å². The largest absolute Gasteiger partial charge is 0.453 e. The lowest BCUT2D eigenvalue weighted by atomic mass is 10.1. The summed E-state index contributed by atoms with van der Waals surface area (Å²) in [6.07, 6.45) is 0.402. The number of hydrogen-bond acceptors (Lipinski definition) is 2. The molecule has 1 aromatic heterocycles. The van der Waals surface area contributed by atoms with E-state index >= 15 is 0 Å². The minimum atomic E-state index is -0.312. The Morgan fingerprint density at radius 3 is 2.78 bits per heavy atom. The SMILES string of the molecule is CCC(=O)c1ccc(-c2cc(Br)c(F)cc2C)o1. The minimum absolute atomic E-state index is 0.0416. The van der Waals surface area contributed by atoms with Crippen molar-refractivity contribution < 1.29 is 13.6 Å². The Morgan fingerprint density at radius 1 is 1.39 bits per heavy atom. The molecule has 0 aliphatic carbocycles. The van der Waals surface area contributed by atoms with Gasteiger partial charge in [0.1, 0.15) is 11.6 Å². The Bertz CT molecular complexity index is 602. The third kappa shape index (κ3) is 2.38. The molecule has 0 fully saturated rings. The number of carbonyl (C=O) groups excluding carboxylic acids is 1. The van der Waals surface area contributed by atoms with E-state index in [0.29, 0.717) is 22.4 Å². The molecule has 0 aliphatic rings. The molecule has 0 aliphatic heterocycles. The molecule has 0 radical (unpaired) electrons. The molecule has 0 saturated carbocycles. The van der Waals surface area contributed by atoms with E-state index in [1.54, 1.807) is 32.0 Å². The zero-order valence-electron chi connectivity index (χ0n) is 10.1. The third-order valence-electron chi connectivity index (χ3n) is 2.73. The molecular weight excluding hydrogens is 299 g/mol. The van der Waals surface area contributed by atoms with Crippen molar-refractivity contribution in [3.63, 3.8) is 0 Å². The van der Waals surface area contributed by atoms with E-state index in [1.165, 1.54) is 6.07 Å². The van der Waals surface area contributed by atoms with Crippen LogP contribution in [0.3, 0.4) is 0 Å². The Balaban J connectivity index is 2.46. The molecule has 4 heteroatoms. The normalized spacial score (nSPS) is 10.7. The van der Waals surface area contributed by atoms with Gasteiger partial charge in [-0.05, 0) is 52.7 Å². The van der Waals surface area contributed by atoms with E-state index in [-0.39, 0.29) is 11.6 Å². The molecule has 1 heterocycles. The summed E-state index contributed by atoms with van der Waals surface area (Å²) in [5.74, 6) is 0.560. The average Bonchev–Trinajstić information content (AvgIpc) is 2.82. The summed E-state index contributed by atoms with van der Waals surface area (Å²) in [6.45, 7) is 3.58. The van der Waals surface area contributed by atoms with E-state index in [1.807, 2.05) is 0 Å². The lowest BCUT2D eigenvalue weighted by molar-refractivity contribution is 0.0962. The fourth-order valence-electron chi connectivity index (χ4n) is 1.72. The molecule has 0 atom stereocenters. The summed E-state index contributed by atoms with van der Waals surface area (Å²) in [4.78, 5) is 11.5. The smallest absolute Gasteiger partial charge is 0.197 e. The summed E-state index contributed by atoms with van der Waals surface area (Å²) >= 11 is 3.14. The van der Waals surface area contributed by atoms with Crippen molar-refractivity contribution in [2.45, 2.75) is 20.3 Å². The fourth-order valence-corrected chi connectivity index (χ4v) is 2.06. The van der Waals surface area contributed by atoms with Gasteiger partial charge < -0.3 is 4.42 Å². The Morgan fingerprint density at radius 2 is 2.11 bits per heavy atom. The molecule has 0 saturated heterocycles. The van der Waals surface area contributed by atoms with Crippen LogP contribution in [0.5, 0.6) is 0 Å². The number of furan rings is 1. The predicted molar refractivity (Wildman–Crippen MR) is 71.2 cm³/mol. The quantitative estimate of drug-likeness (QED) is 0.766. The van der Waals surface area contributed by atoms with E-state index < -0.39 is 0 Å². The van der Waals surface area contributed by atoms with Crippen LogP contribution in [0.4, 0.5) is 4.39 Å². The second-order valence-electron chi connectivity index (χ2n) is 4.02. The molecule has 2 nitrogen and oxygen atoms in total. The monoisotopic (exact) mass is 310 g/mol. The van der Waals surface area contributed by atoms with Gasteiger partial charge >= 0.3 is 0 Å². The van der Waals surface area contributed by atoms with Gasteiger partial charge in [-0.3, -0.25) is 4.79 Å². The van der Waals surface area contributed by atoms with Crippen molar-refractivity contribution in [2.75, 3.05) is 0 Å². The number of aryl methyl sites for hydroxylation is 1. The molecule has 0 N–H and O–H groups in total. The number of benzene rings is 1. The first-order valence-corrected chi connectivity index (χ1v) is 6.41. The average molecular weight is 311 g/mol. The highest BCUT2D eigenvalue weighted by atomic mass is 79.9. The van der Waals surface area contributed by atoms with Crippen LogP contribution >= 0.6 is 15.9 Å².